The van der Waals surface area contributed by atoms with Gasteiger partial charge in [-0.3, -0.25) is 4.79 Å². The van der Waals surface area contributed by atoms with Crippen LogP contribution in [-0.4, -0.2) is 28.9 Å². The van der Waals surface area contributed by atoms with Gasteiger partial charge in [-0.05, 0) is 6.92 Å². The molecule has 0 saturated carbocycles. The zero-order valence-corrected chi connectivity index (χ0v) is 10.7. The summed E-state index contributed by atoms with van der Waals surface area (Å²) in [7, 11) is 0. The monoisotopic (exact) mass is 255 g/mol. The van der Waals surface area contributed by atoms with Crippen LogP contribution in [0.1, 0.15) is 10.7 Å². The van der Waals surface area contributed by atoms with Crippen LogP contribution in [0.25, 0.3) is 0 Å². The number of nitrogens with zero attached hydrogens (tertiary/aromatic N) is 2. The Morgan fingerprint density at radius 2 is 2.56 bits per heavy atom. The fraction of sp³-hybridized carbons (Fsp3) is 0.500. The van der Waals surface area contributed by atoms with Gasteiger partial charge in [-0.1, -0.05) is 0 Å². The second-order valence-corrected chi connectivity index (χ2v) is 5.06. The van der Waals surface area contributed by atoms with Crippen molar-refractivity contribution in [1.29, 1.82) is 5.26 Å². The third kappa shape index (κ3) is 5.14. The van der Waals surface area contributed by atoms with E-state index in [-0.39, 0.29) is 5.91 Å². The summed E-state index contributed by atoms with van der Waals surface area (Å²) in [6.45, 7) is 2.57. The molecule has 0 atom stereocenters. The topological polar surface area (TPSA) is 65.8 Å². The second kappa shape index (κ2) is 7.25. The lowest BCUT2D eigenvalue weighted by atomic mass is 10.4. The molecule has 16 heavy (non-hydrogen) atoms. The van der Waals surface area contributed by atoms with Crippen molar-refractivity contribution in [2.24, 2.45) is 0 Å². The average Bonchev–Trinajstić information content (AvgIpc) is 2.65. The van der Waals surface area contributed by atoms with Crippen LogP contribution in [0.4, 0.5) is 0 Å². The van der Waals surface area contributed by atoms with E-state index in [1.165, 1.54) is 11.8 Å². The minimum absolute atomic E-state index is 0.0199. The quantitative estimate of drug-likeness (QED) is 0.780. The number of rotatable bonds is 6. The van der Waals surface area contributed by atoms with Crippen molar-refractivity contribution < 1.29 is 4.79 Å². The fourth-order valence-corrected chi connectivity index (χ4v) is 2.32. The van der Waals surface area contributed by atoms with Gasteiger partial charge in [0.05, 0.1) is 22.6 Å². The molecule has 1 heterocycles. The lowest BCUT2D eigenvalue weighted by molar-refractivity contribution is -0.118. The minimum Gasteiger partial charge on any atom is -0.355 e. The number of aryl methyl sites for hydroxylation is 1. The van der Waals surface area contributed by atoms with Crippen LogP contribution in [0.15, 0.2) is 5.38 Å². The summed E-state index contributed by atoms with van der Waals surface area (Å²) in [6, 6.07) is 1.98. The number of hydrogen-bond acceptors (Lipinski definition) is 5. The Balaban J connectivity index is 2.11. The van der Waals surface area contributed by atoms with Gasteiger partial charge in [-0.25, -0.2) is 4.98 Å². The minimum atomic E-state index is -0.0199. The Morgan fingerprint density at radius 1 is 1.75 bits per heavy atom. The number of hydrogen-bond donors (Lipinski definition) is 1. The first kappa shape index (κ1) is 13.0. The molecule has 1 amide bonds. The molecule has 4 nitrogen and oxygen atoms in total. The SMILES string of the molecule is Cc1csc(CCNC(=O)CSCC#N)n1. The Morgan fingerprint density at radius 3 is 3.19 bits per heavy atom. The normalized spacial score (nSPS) is 9.75. The fourth-order valence-electron chi connectivity index (χ4n) is 1.07. The Hall–Kier alpha value is -1.06. The maximum atomic E-state index is 11.3. The molecule has 1 rings (SSSR count). The molecule has 0 fully saturated rings. The highest BCUT2D eigenvalue weighted by molar-refractivity contribution is 8.00. The molecule has 1 aromatic rings. The van der Waals surface area contributed by atoms with Crippen molar-refractivity contribution in [3.63, 3.8) is 0 Å². The van der Waals surface area contributed by atoms with Crippen LogP contribution in [0.2, 0.25) is 0 Å². The molecule has 0 aliphatic rings. The predicted octanol–water partition coefficient (Wildman–Crippen LogP) is 1.37. The highest BCUT2D eigenvalue weighted by atomic mass is 32.2. The van der Waals surface area contributed by atoms with Crippen molar-refractivity contribution in [2.75, 3.05) is 18.1 Å². The summed E-state index contributed by atoms with van der Waals surface area (Å²) >= 11 is 2.94. The molecular weight excluding hydrogens is 242 g/mol. The number of aromatic nitrogens is 1. The van der Waals surface area contributed by atoms with E-state index >= 15 is 0 Å². The number of carbonyl (C=O) groups excluding carboxylic acids is 1. The molecule has 0 unspecified atom stereocenters. The zero-order valence-electron chi connectivity index (χ0n) is 9.02. The van der Waals surface area contributed by atoms with Gasteiger partial charge in [0.2, 0.25) is 5.91 Å². The number of nitrogens with one attached hydrogen (secondary N) is 1. The van der Waals surface area contributed by atoms with Crippen LogP contribution in [0, 0.1) is 18.3 Å². The van der Waals surface area contributed by atoms with Crippen LogP contribution in [0.3, 0.4) is 0 Å². The summed E-state index contributed by atoms with van der Waals surface area (Å²) in [6.07, 6.45) is 0.771. The van der Waals surface area contributed by atoms with Crippen LogP contribution in [0.5, 0.6) is 0 Å². The van der Waals surface area contributed by atoms with E-state index in [1.54, 1.807) is 11.3 Å². The van der Waals surface area contributed by atoms with Crippen molar-refractivity contribution in [3.8, 4) is 6.07 Å². The van der Waals surface area contributed by atoms with E-state index in [2.05, 4.69) is 10.3 Å². The Kier molecular flexibility index (Phi) is 5.90. The third-order valence-corrected chi connectivity index (χ3v) is 3.55. The van der Waals surface area contributed by atoms with Gasteiger partial charge in [0.15, 0.2) is 0 Å². The number of nitriles is 1. The summed E-state index contributed by atoms with van der Waals surface area (Å²) < 4.78 is 0. The standard InChI is InChI=1S/C10H13N3OS2/c1-8-6-16-10(13-8)2-4-12-9(14)7-15-5-3-11/h6H,2,4-5,7H2,1H3,(H,12,14). The van der Waals surface area contributed by atoms with Gasteiger partial charge in [0.25, 0.3) is 0 Å². The summed E-state index contributed by atoms with van der Waals surface area (Å²) in [5.41, 5.74) is 1.02. The molecule has 0 spiro atoms. The van der Waals surface area contributed by atoms with Crippen LogP contribution < -0.4 is 5.32 Å². The maximum absolute atomic E-state index is 11.3. The van der Waals surface area contributed by atoms with E-state index in [9.17, 15) is 4.79 Å². The summed E-state index contributed by atoms with van der Waals surface area (Å²) in [4.78, 5) is 15.6. The van der Waals surface area contributed by atoms with E-state index in [0.29, 0.717) is 18.1 Å². The van der Waals surface area contributed by atoms with Crippen molar-refractivity contribution >= 4 is 29.0 Å². The van der Waals surface area contributed by atoms with E-state index < -0.39 is 0 Å². The van der Waals surface area contributed by atoms with Crippen LogP contribution >= 0.6 is 23.1 Å². The van der Waals surface area contributed by atoms with Crippen molar-refractivity contribution in [1.82, 2.24) is 10.3 Å². The van der Waals surface area contributed by atoms with Gasteiger partial charge in [-0.15, -0.1) is 23.1 Å². The van der Waals surface area contributed by atoms with Gasteiger partial charge in [0, 0.05) is 24.0 Å². The first-order chi connectivity index (χ1) is 7.72. The lowest BCUT2D eigenvalue weighted by Crippen LogP contribution is -2.27. The van der Waals surface area contributed by atoms with Crippen molar-refractivity contribution in [3.05, 3.63) is 16.1 Å². The largest absolute Gasteiger partial charge is 0.355 e. The third-order valence-electron chi connectivity index (χ3n) is 1.73. The summed E-state index contributed by atoms with van der Waals surface area (Å²) in [5.74, 6) is 0.692. The number of thiazole rings is 1. The second-order valence-electron chi connectivity index (χ2n) is 3.13. The molecule has 86 valence electrons. The average molecular weight is 255 g/mol. The number of amides is 1. The lowest BCUT2D eigenvalue weighted by Gasteiger charge is -2.01. The molecule has 0 aliphatic heterocycles. The zero-order chi connectivity index (χ0) is 11.8. The molecule has 0 aromatic carbocycles. The molecule has 0 bridgehead atoms. The molecule has 1 aromatic heterocycles. The van der Waals surface area contributed by atoms with E-state index in [4.69, 9.17) is 5.26 Å². The maximum Gasteiger partial charge on any atom is 0.230 e. The number of thioether (sulfide) groups is 1. The highest BCUT2D eigenvalue weighted by Crippen LogP contribution is 2.08. The Labute approximate surface area is 103 Å². The molecule has 1 N–H and O–H groups in total. The molecular formula is C10H13N3OS2. The van der Waals surface area contributed by atoms with Gasteiger partial charge < -0.3 is 5.32 Å². The van der Waals surface area contributed by atoms with Crippen molar-refractivity contribution in [2.45, 2.75) is 13.3 Å². The van der Waals surface area contributed by atoms with Crippen LogP contribution in [-0.2, 0) is 11.2 Å². The molecule has 0 aliphatic carbocycles. The first-order valence-corrected chi connectivity index (χ1v) is 6.88. The smallest absolute Gasteiger partial charge is 0.230 e. The van der Waals surface area contributed by atoms with Gasteiger partial charge >= 0.3 is 0 Å². The number of carbonyl (C=O) groups is 1. The van der Waals surface area contributed by atoms with Gasteiger partial charge in [-0.2, -0.15) is 5.26 Å². The highest BCUT2D eigenvalue weighted by Gasteiger charge is 2.02. The molecule has 6 heteroatoms. The first-order valence-electron chi connectivity index (χ1n) is 4.85. The molecule has 0 saturated heterocycles. The van der Waals surface area contributed by atoms with Gasteiger partial charge in [0.1, 0.15) is 0 Å². The Bertz CT molecular complexity index is 384. The van der Waals surface area contributed by atoms with E-state index in [0.717, 1.165) is 17.1 Å². The predicted molar refractivity (Wildman–Crippen MR) is 66.5 cm³/mol. The summed E-state index contributed by atoms with van der Waals surface area (Å²) in [5, 5.41) is 14.1. The molecule has 0 radical (unpaired) electrons. The van der Waals surface area contributed by atoms with E-state index in [1.807, 2.05) is 18.4 Å².